The van der Waals surface area contributed by atoms with E-state index in [-0.39, 0.29) is 18.1 Å². The van der Waals surface area contributed by atoms with Crippen molar-refractivity contribution in [3.8, 4) is 11.1 Å². The van der Waals surface area contributed by atoms with Crippen LogP contribution in [0.2, 0.25) is 0 Å². The fourth-order valence-corrected chi connectivity index (χ4v) is 3.78. The number of hydrogen-bond acceptors (Lipinski definition) is 4. The Morgan fingerprint density at radius 3 is 2.14 bits per heavy atom. The summed E-state index contributed by atoms with van der Waals surface area (Å²) in [5, 5.41) is 11.6. The van der Waals surface area contributed by atoms with Crippen molar-refractivity contribution >= 4 is 30.4 Å². The molecule has 0 spiro atoms. The van der Waals surface area contributed by atoms with Gasteiger partial charge in [-0.15, -0.1) is 12.6 Å². The summed E-state index contributed by atoms with van der Waals surface area (Å²) in [5.74, 6) is -1.08. The number of amides is 1. The molecule has 0 aromatic heterocycles. The predicted molar refractivity (Wildman–Crippen MR) is 109 cm³/mol. The van der Waals surface area contributed by atoms with Crippen molar-refractivity contribution in [2.45, 2.75) is 10.8 Å². The molecule has 1 amide bonds. The Morgan fingerprint density at radius 1 is 0.964 bits per heavy atom. The summed E-state index contributed by atoms with van der Waals surface area (Å²) in [5.41, 5.74) is 5.09. The fraction of sp³-hybridized carbons (Fsp3) is 0.0909. The molecule has 3 aromatic carbocycles. The van der Waals surface area contributed by atoms with Crippen molar-refractivity contribution in [3.05, 3.63) is 83.4 Å². The molecule has 140 valence electrons. The molecule has 28 heavy (non-hydrogen) atoms. The van der Waals surface area contributed by atoms with E-state index < -0.39 is 12.1 Å². The van der Waals surface area contributed by atoms with E-state index in [2.05, 4.69) is 42.2 Å². The number of hydrogen-bond donors (Lipinski definition) is 3. The molecule has 0 saturated carbocycles. The first-order valence-electron chi connectivity index (χ1n) is 8.73. The third-order valence-corrected chi connectivity index (χ3v) is 5.20. The first-order chi connectivity index (χ1) is 13.5. The highest BCUT2D eigenvalue weighted by atomic mass is 32.1. The highest BCUT2D eigenvalue weighted by Gasteiger charge is 2.29. The highest BCUT2D eigenvalue weighted by molar-refractivity contribution is 7.80. The number of anilines is 1. The summed E-state index contributed by atoms with van der Waals surface area (Å²) in [6.45, 7) is 0.203. The van der Waals surface area contributed by atoms with Gasteiger partial charge in [-0.1, -0.05) is 48.5 Å². The van der Waals surface area contributed by atoms with Crippen LogP contribution in [0.3, 0.4) is 0 Å². The van der Waals surface area contributed by atoms with Gasteiger partial charge in [0.05, 0.1) is 11.3 Å². The maximum atomic E-state index is 12.3. The molecule has 4 rings (SSSR count). The van der Waals surface area contributed by atoms with Gasteiger partial charge in [-0.25, -0.2) is 9.59 Å². The average Bonchev–Trinajstić information content (AvgIpc) is 3.02. The molecule has 0 fully saturated rings. The third kappa shape index (κ3) is 3.34. The number of nitrogens with one attached hydrogen (secondary N) is 1. The van der Waals surface area contributed by atoms with Crippen LogP contribution < -0.4 is 5.32 Å². The van der Waals surface area contributed by atoms with Gasteiger partial charge in [0.25, 0.3) is 0 Å². The van der Waals surface area contributed by atoms with Gasteiger partial charge >= 0.3 is 12.1 Å². The Kier molecular flexibility index (Phi) is 4.79. The number of carboxylic acids is 1. The monoisotopic (exact) mass is 391 g/mol. The first kappa shape index (κ1) is 18.1. The van der Waals surface area contributed by atoms with Crippen molar-refractivity contribution in [3.63, 3.8) is 0 Å². The van der Waals surface area contributed by atoms with Gasteiger partial charge in [-0.2, -0.15) is 0 Å². The Bertz CT molecular complexity index is 1030. The molecule has 0 radical (unpaired) electrons. The minimum atomic E-state index is -1.05. The SMILES string of the molecule is O=C(Nc1ccc(C(=O)O)cc1S)OCC1c2ccccc2-c2ccccc21. The van der Waals surface area contributed by atoms with E-state index in [1.807, 2.05) is 24.3 Å². The van der Waals surface area contributed by atoms with Crippen LogP contribution in [-0.2, 0) is 4.74 Å². The summed E-state index contributed by atoms with van der Waals surface area (Å²) in [6.07, 6.45) is -0.611. The molecule has 0 atom stereocenters. The molecule has 0 saturated heterocycles. The van der Waals surface area contributed by atoms with Crippen LogP contribution in [0.15, 0.2) is 71.6 Å². The van der Waals surface area contributed by atoms with Crippen LogP contribution in [0, 0.1) is 0 Å². The third-order valence-electron chi connectivity index (χ3n) is 4.83. The van der Waals surface area contributed by atoms with E-state index in [1.165, 1.54) is 18.2 Å². The fourth-order valence-electron chi connectivity index (χ4n) is 3.51. The standard InChI is InChI=1S/C22H17NO4S/c24-21(25)13-9-10-19(20(28)11-13)23-22(26)27-12-18-16-7-3-1-5-14(16)15-6-2-4-8-17(15)18/h1-11,18,28H,12H2,(H,23,26)(H,24,25). The molecule has 0 heterocycles. The average molecular weight is 391 g/mol. The minimum absolute atomic E-state index is 0.0250. The second-order valence-electron chi connectivity index (χ2n) is 6.49. The van der Waals surface area contributed by atoms with Crippen LogP contribution in [-0.4, -0.2) is 23.8 Å². The van der Waals surface area contributed by atoms with Gasteiger partial charge in [0, 0.05) is 10.8 Å². The van der Waals surface area contributed by atoms with E-state index >= 15 is 0 Å². The molecule has 6 heteroatoms. The summed E-state index contributed by atoms with van der Waals surface area (Å²) >= 11 is 4.23. The van der Waals surface area contributed by atoms with Crippen molar-refractivity contribution in [1.29, 1.82) is 0 Å². The summed E-state index contributed by atoms with van der Waals surface area (Å²) in [7, 11) is 0. The molecule has 2 N–H and O–H groups in total. The molecule has 0 bridgehead atoms. The van der Waals surface area contributed by atoms with Gasteiger partial charge in [-0.05, 0) is 40.5 Å². The van der Waals surface area contributed by atoms with Gasteiger partial charge in [-0.3, -0.25) is 5.32 Å². The van der Waals surface area contributed by atoms with E-state index in [0.717, 1.165) is 22.3 Å². The predicted octanol–water partition coefficient (Wildman–Crippen LogP) is 5.03. The van der Waals surface area contributed by atoms with Crippen molar-refractivity contribution < 1.29 is 19.4 Å². The summed E-state index contributed by atoms with van der Waals surface area (Å²) in [6, 6.07) is 20.5. The quantitative estimate of drug-likeness (QED) is 0.545. The summed E-state index contributed by atoms with van der Waals surface area (Å²) < 4.78 is 5.48. The van der Waals surface area contributed by atoms with E-state index in [1.54, 1.807) is 0 Å². The van der Waals surface area contributed by atoms with Gasteiger partial charge in [0.1, 0.15) is 6.61 Å². The number of aromatic carboxylic acids is 1. The number of carbonyl (C=O) groups excluding carboxylic acids is 1. The zero-order chi connectivity index (χ0) is 19.7. The number of rotatable bonds is 4. The Balaban J connectivity index is 1.48. The molecular weight excluding hydrogens is 374 g/mol. The number of fused-ring (bicyclic) bond motifs is 3. The number of ether oxygens (including phenoxy) is 1. The largest absolute Gasteiger partial charge is 0.478 e. The maximum absolute atomic E-state index is 12.3. The molecule has 5 nitrogen and oxygen atoms in total. The van der Waals surface area contributed by atoms with Gasteiger partial charge in [0.15, 0.2) is 0 Å². The normalized spacial score (nSPS) is 12.2. The topological polar surface area (TPSA) is 75.6 Å². The highest BCUT2D eigenvalue weighted by Crippen LogP contribution is 2.44. The molecule has 0 unspecified atom stereocenters. The van der Waals surface area contributed by atoms with Gasteiger partial charge in [0.2, 0.25) is 0 Å². The number of carbonyl (C=O) groups is 2. The van der Waals surface area contributed by atoms with Crippen LogP contribution in [0.25, 0.3) is 11.1 Å². The van der Waals surface area contributed by atoms with E-state index in [9.17, 15) is 9.59 Å². The van der Waals surface area contributed by atoms with Crippen LogP contribution in [0.5, 0.6) is 0 Å². The van der Waals surface area contributed by atoms with Crippen molar-refractivity contribution in [1.82, 2.24) is 0 Å². The van der Waals surface area contributed by atoms with Crippen LogP contribution in [0.4, 0.5) is 10.5 Å². The number of carboxylic acid groups (broad SMARTS) is 1. The van der Waals surface area contributed by atoms with Crippen LogP contribution >= 0.6 is 12.6 Å². The van der Waals surface area contributed by atoms with Crippen molar-refractivity contribution in [2.75, 3.05) is 11.9 Å². The molecule has 3 aromatic rings. The smallest absolute Gasteiger partial charge is 0.411 e. The zero-order valence-electron chi connectivity index (χ0n) is 14.8. The van der Waals surface area contributed by atoms with Crippen LogP contribution in [0.1, 0.15) is 27.4 Å². The maximum Gasteiger partial charge on any atom is 0.411 e. The van der Waals surface area contributed by atoms with E-state index in [4.69, 9.17) is 9.84 Å². The van der Waals surface area contributed by atoms with E-state index in [0.29, 0.717) is 10.6 Å². The first-order valence-corrected chi connectivity index (χ1v) is 9.17. The Labute approximate surface area is 167 Å². The zero-order valence-corrected chi connectivity index (χ0v) is 15.6. The second kappa shape index (κ2) is 7.40. The minimum Gasteiger partial charge on any atom is -0.478 e. The lowest BCUT2D eigenvalue weighted by atomic mass is 9.98. The second-order valence-corrected chi connectivity index (χ2v) is 6.97. The summed E-state index contributed by atoms with van der Waals surface area (Å²) in [4.78, 5) is 23.6. The Hall–Kier alpha value is -3.25. The van der Waals surface area contributed by atoms with Crippen molar-refractivity contribution in [2.24, 2.45) is 0 Å². The Morgan fingerprint density at radius 2 is 1.57 bits per heavy atom. The molecule has 1 aliphatic carbocycles. The molecule has 1 aliphatic rings. The lowest BCUT2D eigenvalue weighted by Crippen LogP contribution is -2.18. The molecule has 0 aliphatic heterocycles. The number of benzene rings is 3. The lowest BCUT2D eigenvalue weighted by molar-refractivity contribution is 0.0696. The number of thiol groups is 1. The molecular formula is C22H17NO4S. The lowest BCUT2D eigenvalue weighted by Gasteiger charge is -2.15. The van der Waals surface area contributed by atoms with Gasteiger partial charge < -0.3 is 9.84 Å².